The van der Waals surface area contributed by atoms with Gasteiger partial charge in [0.2, 0.25) is 0 Å². The van der Waals surface area contributed by atoms with Crippen LogP contribution in [0.25, 0.3) is 0 Å². The van der Waals surface area contributed by atoms with E-state index in [0.717, 1.165) is 19.4 Å². The Balaban J connectivity index is 2.25. The van der Waals surface area contributed by atoms with E-state index in [2.05, 4.69) is 10.3 Å². The highest BCUT2D eigenvalue weighted by Gasteiger charge is 2.34. The monoisotopic (exact) mass is 299 g/mol. The number of aromatic nitrogens is 1. The lowest BCUT2D eigenvalue weighted by atomic mass is 10.3. The minimum atomic E-state index is -3.56. The zero-order valence-electron chi connectivity index (χ0n) is 11.9. The van der Waals surface area contributed by atoms with E-state index in [9.17, 15) is 8.42 Å². The van der Waals surface area contributed by atoms with Crippen LogP contribution < -0.4 is 5.32 Å². The molecule has 1 N–H and O–H groups in total. The van der Waals surface area contributed by atoms with E-state index in [4.69, 9.17) is 4.74 Å². The lowest BCUT2D eigenvalue weighted by Crippen LogP contribution is -2.31. The molecular weight excluding hydrogens is 278 g/mol. The van der Waals surface area contributed by atoms with E-state index in [0.29, 0.717) is 18.8 Å². The first-order chi connectivity index (χ1) is 9.59. The molecule has 0 saturated carbocycles. The van der Waals surface area contributed by atoms with Gasteiger partial charge in [0, 0.05) is 32.9 Å². The van der Waals surface area contributed by atoms with Crippen molar-refractivity contribution in [1.82, 2.24) is 9.29 Å². The standard InChI is InChI=1S/C13H21N3O3S/c1-3-7-14-12-5-4-8-15-13(12)20(17,18)16-9-6-11(10-16)19-2/h4-5,8,11,14H,3,6-7,9-10H2,1-2H3. The van der Waals surface area contributed by atoms with Gasteiger partial charge >= 0.3 is 0 Å². The summed E-state index contributed by atoms with van der Waals surface area (Å²) in [6.07, 6.45) is 3.12. The lowest BCUT2D eigenvalue weighted by Gasteiger charge is -2.18. The Bertz CT molecular complexity index is 548. The highest BCUT2D eigenvalue weighted by Crippen LogP contribution is 2.25. The fraction of sp³-hybridized carbons (Fsp3) is 0.615. The number of nitrogens with one attached hydrogen (secondary N) is 1. The molecule has 0 radical (unpaired) electrons. The molecule has 0 spiro atoms. The van der Waals surface area contributed by atoms with Crippen LogP contribution in [0.5, 0.6) is 0 Å². The van der Waals surface area contributed by atoms with Crippen molar-refractivity contribution in [3.8, 4) is 0 Å². The molecular formula is C13H21N3O3S. The lowest BCUT2D eigenvalue weighted by molar-refractivity contribution is 0.115. The van der Waals surface area contributed by atoms with E-state index in [1.807, 2.05) is 6.92 Å². The number of pyridine rings is 1. The minimum absolute atomic E-state index is 0.0273. The normalized spacial score (nSPS) is 20.2. The molecule has 1 aromatic heterocycles. The molecule has 1 aliphatic rings. The molecule has 20 heavy (non-hydrogen) atoms. The summed E-state index contributed by atoms with van der Waals surface area (Å²) in [6, 6.07) is 3.48. The van der Waals surface area contributed by atoms with Gasteiger partial charge in [0.15, 0.2) is 5.03 Å². The van der Waals surface area contributed by atoms with Crippen LogP contribution in [0.15, 0.2) is 23.4 Å². The molecule has 1 unspecified atom stereocenters. The first kappa shape index (κ1) is 15.2. The predicted octanol–water partition coefficient (Wildman–Crippen LogP) is 1.31. The van der Waals surface area contributed by atoms with Gasteiger partial charge in [-0.05, 0) is 25.0 Å². The van der Waals surface area contributed by atoms with Crippen LogP contribution in [0.2, 0.25) is 0 Å². The Morgan fingerprint density at radius 2 is 2.35 bits per heavy atom. The van der Waals surface area contributed by atoms with E-state index < -0.39 is 10.0 Å². The van der Waals surface area contributed by atoms with E-state index in [1.165, 1.54) is 10.5 Å². The third-order valence-corrected chi connectivity index (χ3v) is 5.19. The van der Waals surface area contributed by atoms with E-state index >= 15 is 0 Å². The van der Waals surface area contributed by atoms with Crippen molar-refractivity contribution in [2.45, 2.75) is 30.9 Å². The summed E-state index contributed by atoms with van der Waals surface area (Å²) < 4.78 is 32.0. The summed E-state index contributed by atoms with van der Waals surface area (Å²) in [5, 5.41) is 3.22. The van der Waals surface area contributed by atoms with Crippen molar-refractivity contribution in [3.63, 3.8) is 0 Å². The number of rotatable bonds is 6. The summed E-state index contributed by atoms with van der Waals surface area (Å²) in [5.41, 5.74) is 0.565. The van der Waals surface area contributed by atoms with Crippen LogP contribution in [0.4, 0.5) is 5.69 Å². The second-order valence-corrected chi connectivity index (χ2v) is 6.65. The molecule has 1 aliphatic heterocycles. The van der Waals surface area contributed by atoms with Gasteiger partial charge in [-0.25, -0.2) is 13.4 Å². The van der Waals surface area contributed by atoms with Crippen molar-refractivity contribution in [2.75, 3.05) is 32.1 Å². The van der Waals surface area contributed by atoms with Crippen molar-refractivity contribution in [2.24, 2.45) is 0 Å². The van der Waals surface area contributed by atoms with Crippen molar-refractivity contribution < 1.29 is 13.2 Å². The molecule has 0 aromatic carbocycles. The summed E-state index contributed by atoms with van der Waals surface area (Å²) in [7, 11) is -1.96. The second kappa shape index (κ2) is 6.51. The average Bonchev–Trinajstić information content (AvgIpc) is 2.95. The van der Waals surface area contributed by atoms with Crippen molar-refractivity contribution in [1.29, 1.82) is 0 Å². The van der Waals surface area contributed by atoms with Crippen LogP contribution in [-0.4, -0.2) is 50.6 Å². The minimum Gasteiger partial charge on any atom is -0.383 e. The number of hydrogen-bond donors (Lipinski definition) is 1. The van der Waals surface area contributed by atoms with Gasteiger partial charge < -0.3 is 10.1 Å². The average molecular weight is 299 g/mol. The molecule has 0 amide bonds. The van der Waals surface area contributed by atoms with Gasteiger partial charge in [-0.1, -0.05) is 6.92 Å². The maximum absolute atomic E-state index is 12.6. The Hall–Kier alpha value is -1.18. The Morgan fingerprint density at radius 3 is 3.00 bits per heavy atom. The van der Waals surface area contributed by atoms with Crippen molar-refractivity contribution >= 4 is 15.7 Å². The zero-order valence-corrected chi connectivity index (χ0v) is 12.7. The molecule has 0 bridgehead atoms. The van der Waals surface area contributed by atoms with Crippen LogP contribution in [-0.2, 0) is 14.8 Å². The highest BCUT2D eigenvalue weighted by atomic mass is 32.2. The predicted molar refractivity (Wildman–Crippen MR) is 77.2 cm³/mol. The molecule has 6 nitrogen and oxygen atoms in total. The Labute approximate surface area is 120 Å². The fourth-order valence-electron chi connectivity index (χ4n) is 2.22. The molecule has 1 aromatic rings. The molecule has 112 valence electrons. The van der Waals surface area contributed by atoms with Gasteiger partial charge in [-0.15, -0.1) is 0 Å². The molecule has 7 heteroatoms. The highest BCUT2D eigenvalue weighted by molar-refractivity contribution is 7.89. The first-order valence-electron chi connectivity index (χ1n) is 6.81. The van der Waals surface area contributed by atoms with Crippen molar-refractivity contribution in [3.05, 3.63) is 18.3 Å². The number of ether oxygens (including phenoxy) is 1. The molecule has 1 saturated heterocycles. The summed E-state index contributed by atoms with van der Waals surface area (Å²) in [6.45, 7) is 3.61. The molecule has 1 fully saturated rings. The van der Waals surface area contributed by atoms with Gasteiger partial charge in [0.05, 0.1) is 11.8 Å². The summed E-state index contributed by atoms with van der Waals surface area (Å²) in [4.78, 5) is 4.07. The van der Waals surface area contributed by atoms with E-state index in [-0.39, 0.29) is 11.1 Å². The third kappa shape index (κ3) is 3.11. The smallest absolute Gasteiger partial charge is 0.262 e. The largest absolute Gasteiger partial charge is 0.383 e. The number of hydrogen-bond acceptors (Lipinski definition) is 5. The fourth-order valence-corrected chi connectivity index (χ4v) is 3.79. The quantitative estimate of drug-likeness (QED) is 0.857. The molecule has 2 rings (SSSR count). The summed E-state index contributed by atoms with van der Waals surface area (Å²) in [5.74, 6) is 0. The molecule has 0 aliphatic carbocycles. The first-order valence-corrected chi connectivity index (χ1v) is 8.25. The topological polar surface area (TPSA) is 71.5 Å². The summed E-state index contributed by atoms with van der Waals surface area (Å²) >= 11 is 0. The van der Waals surface area contributed by atoms with Gasteiger partial charge in [-0.2, -0.15) is 4.31 Å². The SMILES string of the molecule is CCCNc1cccnc1S(=O)(=O)N1CCC(OC)C1. The number of methoxy groups -OCH3 is 1. The molecule has 2 heterocycles. The van der Waals surface area contributed by atoms with Gasteiger partial charge in [-0.3, -0.25) is 0 Å². The maximum atomic E-state index is 12.6. The van der Waals surface area contributed by atoms with Crippen LogP contribution in [0.3, 0.4) is 0 Å². The number of anilines is 1. The zero-order chi connectivity index (χ0) is 14.6. The third-order valence-electron chi connectivity index (χ3n) is 3.36. The Kier molecular flexibility index (Phi) is 4.95. The molecule has 1 atom stereocenters. The Morgan fingerprint density at radius 1 is 1.55 bits per heavy atom. The van der Waals surface area contributed by atoms with E-state index in [1.54, 1.807) is 19.2 Å². The number of nitrogens with zero attached hydrogens (tertiary/aromatic N) is 2. The van der Waals surface area contributed by atoms with Crippen LogP contribution >= 0.6 is 0 Å². The van der Waals surface area contributed by atoms with Gasteiger partial charge in [0.1, 0.15) is 0 Å². The van der Waals surface area contributed by atoms with Crippen LogP contribution in [0, 0.1) is 0 Å². The maximum Gasteiger partial charge on any atom is 0.262 e. The van der Waals surface area contributed by atoms with Gasteiger partial charge in [0.25, 0.3) is 10.0 Å². The number of sulfonamides is 1. The van der Waals surface area contributed by atoms with Crippen LogP contribution in [0.1, 0.15) is 19.8 Å². The second-order valence-electron chi connectivity index (χ2n) is 4.79.